The van der Waals surface area contributed by atoms with Crippen molar-refractivity contribution in [2.24, 2.45) is 5.10 Å². The van der Waals surface area contributed by atoms with E-state index in [4.69, 9.17) is 14.2 Å². The smallest absolute Gasteiger partial charge is 0.292 e. The minimum absolute atomic E-state index is 0.125. The van der Waals surface area contributed by atoms with Crippen LogP contribution in [-0.4, -0.2) is 43.2 Å². The first-order chi connectivity index (χ1) is 15.0. The number of fused-ring (bicyclic) bond motifs is 1. The van der Waals surface area contributed by atoms with Crippen molar-refractivity contribution in [2.75, 3.05) is 21.3 Å². The second-order valence-corrected chi connectivity index (χ2v) is 6.55. The van der Waals surface area contributed by atoms with Gasteiger partial charge in [-0.3, -0.25) is 9.59 Å². The van der Waals surface area contributed by atoms with Crippen LogP contribution in [0.4, 0.5) is 0 Å². The van der Waals surface area contributed by atoms with Gasteiger partial charge < -0.3 is 14.2 Å². The van der Waals surface area contributed by atoms with Gasteiger partial charge >= 0.3 is 0 Å². The number of carbonyl (C=O) groups excluding carboxylic acids is 1. The number of aromatic nitrogens is 2. The van der Waals surface area contributed by atoms with Crippen molar-refractivity contribution in [3.05, 3.63) is 58.0 Å². The lowest BCUT2D eigenvalue weighted by molar-refractivity contribution is 0.0949. The first-order valence-electron chi connectivity index (χ1n) is 9.67. The molecule has 0 aliphatic carbocycles. The Labute approximate surface area is 179 Å². The molecule has 1 N–H and O–H groups in total. The highest BCUT2D eigenvalue weighted by atomic mass is 16.5. The summed E-state index contributed by atoms with van der Waals surface area (Å²) in [4.78, 5) is 25.4. The highest BCUT2D eigenvalue weighted by molar-refractivity contribution is 6.05. The molecule has 0 spiro atoms. The zero-order valence-corrected chi connectivity index (χ0v) is 17.8. The van der Waals surface area contributed by atoms with E-state index in [0.717, 1.165) is 0 Å². The summed E-state index contributed by atoms with van der Waals surface area (Å²) in [6.45, 7) is 2.35. The normalized spacial score (nSPS) is 11.0. The molecule has 0 fully saturated rings. The van der Waals surface area contributed by atoms with Crippen molar-refractivity contribution in [3.63, 3.8) is 0 Å². The molecule has 0 atom stereocenters. The topological polar surface area (TPSA) is 104 Å². The summed E-state index contributed by atoms with van der Waals surface area (Å²) in [5, 5.41) is 9.19. The Morgan fingerprint density at radius 2 is 1.77 bits per heavy atom. The quantitative estimate of drug-likeness (QED) is 0.440. The maximum atomic E-state index is 12.8. The summed E-state index contributed by atoms with van der Waals surface area (Å²) in [5.74, 6) is 0.811. The summed E-state index contributed by atoms with van der Waals surface area (Å²) in [5.41, 5.74) is 2.94. The van der Waals surface area contributed by atoms with Crippen molar-refractivity contribution in [2.45, 2.75) is 19.9 Å². The molecule has 1 amide bonds. The Bertz CT molecular complexity index is 1190. The number of methoxy groups -OCH3 is 3. The van der Waals surface area contributed by atoms with Gasteiger partial charge in [-0.15, -0.1) is 0 Å². The molecule has 0 radical (unpaired) electrons. The summed E-state index contributed by atoms with van der Waals surface area (Å²) in [7, 11) is 4.53. The van der Waals surface area contributed by atoms with Crippen LogP contribution < -0.4 is 25.2 Å². The number of hydrogen-bond acceptors (Lipinski definition) is 7. The number of nitrogens with one attached hydrogen (secondary N) is 1. The van der Waals surface area contributed by atoms with E-state index in [1.54, 1.807) is 36.4 Å². The van der Waals surface area contributed by atoms with Crippen molar-refractivity contribution in [1.29, 1.82) is 0 Å². The number of hydrazone groups is 1. The molecule has 3 rings (SSSR count). The lowest BCUT2D eigenvalue weighted by Gasteiger charge is -2.13. The summed E-state index contributed by atoms with van der Waals surface area (Å²) < 4.78 is 17.3. The second-order valence-electron chi connectivity index (χ2n) is 6.55. The van der Waals surface area contributed by atoms with E-state index in [9.17, 15) is 9.59 Å². The van der Waals surface area contributed by atoms with E-state index >= 15 is 0 Å². The molecule has 9 nitrogen and oxygen atoms in total. The third-order valence-corrected chi connectivity index (χ3v) is 4.62. The van der Waals surface area contributed by atoms with E-state index in [1.807, 2.05) is 6.92 Å². The molecule has 0 aliphatic heterocycles. The van der Waals surface area contributed by atoms with Crippen LogP contribution in [0, 0.1) is 0 Å². The Kier molecular flexibility index (Phi) is 6.86. The van der Waals surface area contributed by atoms with Crippen LogP contribution in [0.2, 0.25) is 0 Å². The van der Waals surface area contributed by atoms with Crippen LogP contribution in [-0.2, 0) is 6.54 Å². The minimum Gasteiger partial charge on any atom is -0.493 e. The second kappa shape index (κ2) is 9.75. The van der Waals surface area contributed by atoms with Crippen LogP contribution in [0.3, 0.4) is 0 Å². The molecular weight excluding hydrogens is 400 g/mol. The molecule has 2 aromatic carbocycles. The number of aryl methyl sites for hydroxylation is 1. The summed E-state index contributed by atoms with van der Waals surface area (Å²) >= 11 is 0. The van der Waals surface area contributed by atoms with E-state index in [0.29, 0.717) is 46.6 Å². The molecule has 162 valence electrons. The Balaban J connectivity index is 1.93. The third-order valence-electron chi connectivity index (χ3n) is 4.62. The first-order valence-corrected chi connectivity index (χ1v) is 9.67. The SMILES string of the molecule is CCCn1nc(C(=O)N/N=C/c2ccc(OC)c(OC)c2OC)c2ccccc2c1=O. The zero-order chi connectivity index (χ0) is 22.4. The van der Waals surface area contributed by atoms with Crippen LogP contribution >= 0.6 is 0 Å². The van der Waals surface area contributed by atoms with Gasteiger partial charge in [0, 0.05) is 17.5 Å². The molecule has 3 aromatic rings. The standard InChI is InChI=1S/C22H24N4O5/c1-5-12-26-22(28)16-9-7-6-8-15(16)18(25-26)21(27)24-23-13-14-10-11-17(29-2)20(31-4)19(14)30-3/h6-11,13H,5,12H2,1-4H3,(H,24,27)/b23-13+. The van der Waals surface area contributed by atoms with Crippen molar-refractivity contribution < 1.29 is 19.0 Å². The van der Waals surface area contributed by atoms with Gasteiger partial charge in [0.25, 0.3) is 11.5 Å². The number of nitrogens with zero attached hydrogens (tertiary/aromatic N) is 3. The Hall–Kier alpha value is -3.88. The van der Waals surface area contributed by atoms with Crippen LogP contribution in [0.1, 0.15) is 29.4 Å². The predicted octanol–water partition coefficient (Wildman–Crippen LogP) is 2.60. The highest BCUT2D eigenvalue weighted by Crippen LogP contribution is 2.38. The van der Waals surface area contributed by atoms with Gasteiger partial charge in [-0.1, -0.05) is 25.1 Å². The van der Waals surface area contributed by atoms with E-state index in [-0.39, 0.29) is 11.3 Å². The summed E-state index contributed by atoms with van der Waals surface area (Å²) in [6, 6.07) is 10.3. The molecule has 0 unspecified atom stereocenters. The van der Waals surface area contributed by atoms with Gasteiger partial charge in [0.15, 0.2) is 17.2 Å². The Morgan fingerprint density at radius 1 is 1.06 bits per heavy atom. The zero-order valence-electron chi connectivity index (χ0n) is 17.8. The van der Waals surface area contributed by atoms with Gasteiger partial charge in [-0.2, -0.15) is 10.2 Å². The molecule has 0 aliphatic rings. The lowest BCUT2D eigenvalue weighted by atomic mass is 10.1. The molecular formula is C22H24N4O5. The van der Waals surface area contributed by atoms with Crippen LogP contribution in [0.15, 0.2) is 46.3 Å². The average Bonchev–Trinajstić information content (AvgIpc) is 2.80. The maximum Gasteiger partial charge on any atom is 0.292 e. The van der Waals surface area contributed by atoms with Crippen molar-refractivity contribution >= 4 is 22.9 Å². The average molecular weight is 424 g/mol. The van der Waals surface area contributed by atoms with Crippen molar-refractivity contribution in [3.8, 4) is 17.2 Å². The van der Waals surface area contributed by atoms with E-state index in [1.165, 1.54) is 32.2 Å². The molecule has 0 saturated carbocycles. The monoisotopic (exact) mass is 424 g/mol. The molecule has 1 aromatic heterocycles. The van der Waals surface area contributed by atoms with Gasteiger partial charge in [0.05, 0.1) is 32.9 Å². The number of carbonyl (C=O) groups is 1. The number of rotatable bonds is 8. The molecule has 9 heteroatoms. The van der Waals surface area contributed by atoms with Gasteiger partial charge in [-0.25, -0.2) is 10.1 Å². The van der Waals surface area contributed by atoms with Crippen molar-refractivity contribution in [1.82, 2.24) is 15.2 Å². The van der Waals surface area contributed by atoms with E-state index < -0.39 is 5.91 Å². The fourth-order valence-electron chi connectivity index (χ4n) is 3.21. The summed E-state index contributed by atoms with van der Waals surface area (Å²) in [6.07, 6.45) is 2.15. The predicted molar refractivity (Wildman–Crippen MR) is 117 cm³/mol. The molecule has 0 saturated heterocycles. The fraction of sp³-hybridized carbons (Fsp3) is 0.273. The lowest BCUT2D eigenvalue weighted by Crippen LogP contribution is -2.29. The van der Waals surface area contributed by atoms with Gasteiger partial charge in [0.2, 0.25) is 5.75 Å². The minimum atomic E-state index is -0.531. The van der Waals surface area contributed by atoms with Gasteiger partial charge in [-0.05, 0) is 24.6 Å². The number of hydrogen-bond donors (Lipinski definition) is 1. The number of ether oxygens (including phenoxy) is 3. The maximum absolute atomic E-state index is 12.8. The van der Waals surface area contributed by atoms with Gasteiger partial charge in [0.1, 0.15) is 0 Å². The van der Waals surface area contributed by atoms with Crippen LogP contribution in [0.5, 0.6) is 17.2 Å². The largest absolute Gasteiger partial charge is 0.493 e. The molecule has 0 bridgehead atoms. The third kappa shape index (κ3) is 4.35. The fourth-order valence-corrected chi connectivity index (χ4v) is 3.21. The number of benzene rings is 2. The first kappa shape index (κ1) is 21.8. The van der Waals surface area contributed by atoms with E-state index in [2.05, 4.69) is 15.6 Å². The molecule has 31 heavy (non-hydrogen) atoms. The Morgan fingerprint density at radius 3 is 2.42 bits per heavy atom. The number of amides is 1. The molecule has 1 heterocycles. The van der Waals surface area contributed by atoms with Crippen LogP contribution in [0.25, 0.3) is 10.8 Å². The highest BCUT2D eigenvalue weighted by Gasteiger charge is 2.17.